The van der Waals surface area contributed by atoms with Gasteiger partial charge in [-0.05, 0) is 36.6 Å². The lowest BCUT2D eigenvalue weighted by atomic mass is 10.1. The monoisotopic (exact) mass is 524 g/mol. The van der Waals surface area contributed by atoms with Gasteiger partial charge in [0, 0.05) is 17.1 Å². The zero-order valence-corrected chi connectivity index (χ0v) is 18.4. The van der Waals surface area contributed by atoms with Crippen molar-refractivity contribution in [3.63, 3.8) is 0 Å². The maximum atomic E-state index is 13.3. The molecule has 2 N–H and O–H groups in total. The van der Waals surface area contributed by atoms with E-state index in [1.54, 1.807) is 6.07 Å². The first-order chi connectivity index (χ1) is 11.5. The number of hydrogen-bond donors (Lipinski definition) is 2. The van der Waals surface area contributed by atoms with Crippen LogP contribution in [0.3, 0.4) is 0 Å². The summed E-state index contributed by atoms with van der Waals surface area (Å²) in [4.78, 5) is 4.48. The van der Waals surface area contributed by atoms with Gasteiger partial charge in [0.25, 0.3) is 0 Å². The SMILES string of the molecule is CCNC(=NCc1cc(F)ccc1Br)NCc1cc(C(C)C)no1.I. The number of rotatable bonds is 6. The number of nitrogens with zero attached hydrogens (tertiary/aromatic N) is 2. The van der Waals surface area contributed by atoms with Crippen LogP contribution in [0.1, 0.15) is 43.7 Å². The minimum atomic E-state index is -0.274. The zero-order chi connectivity index (χ0) is 17.5. The number of aromatic nitrogens is 1. The van der Waals surface area contributed by atoms with E-state index in [0.29, 0.717) is 25.0 Å². The predicted molar refractivity (Wildman–Crippen MR) is 112 cm³/mol. The van der Waals surface area contributed by atoms with Crippen LogP contribution in [0.2, 0.25) is 0 Å². The smallest absolute Gasteiger partial charge is 0.191 e. The van der Waals surface area contributed by atoms with Crippen molar-refractivity contribution in [1.82, 2.24) is 15.8 Å². The van der Waals surface area contributed by atoms with E-state index in [-0.39, 0.29) is 29.8 Å². The first-order valence-electron chi connectivity index (χ1n) is 7.91. The second-order valence-corrected chi connectivity index (χ2v) is 6.51. The number of benzene rings is 1. The van der Waals surface area contributed by atoms with E-state index in [1.165, 1.54) is 12.1 Å². The van der Waals surface area contributed by atoms with Crippen LogP contribution in [0.4, 0.5) is 4.39 Å². The summed E-state index contributed by atoms with van der Waals surface area (Å²) in [5.74, 6) is 1.44. The molecule has 138 valence electrons. The van der Waals surface area contributed by atoms with Crippen molar-refractivity contribution in [2.45, 2.75) is 39.8 Å². The zero-order valence-electron chi connectivity index (χ0n) is 14.5. The first-order valence-corrected chi connectivity index (χ1v) is 8.70. The molecule has 0 unspecified atom stereocenters. The van der Waals surface area contributed by atoms with Crippen LogP contribution in [-0.4, -0.2) is 17.7 Å². The van der Waals surface area contributed by atoms with Gasteiger partial charge in [-0.2, -0.15) is 0 Å². The van der Waals surface area contributed by atoms with Crippen molar-refractivity contribution >= 4 is 45.9 Å². The van der Waals surface area contributed by atoms with E-state index in [4.69, 9.17) is 4.52 Å². The molecule has 1 aromatic carbocycles. The number of aliphatic imine (C=N–C) groups is 1. The van der Waals surface area contributed by atoms with Crippen molar-refractivity contribution < 1.29 is 8.91 Å². The average molecular weight is 525 g/mol. The van der Waals surface area contributed by atoms with Crippen LogP contribution in [0.25, 0.3) is 0 Å². The minimum Gasteiger partial charge on any atom is -0.359 e. The molecular formula is C17H23BrFIN4O. The number of guanidine groups is 1. The van der Waals surface area contributed by atoms with Gasteiger partial charge in [-0.25, -0.2) is 9.38 Å². The van der Waals surface area contributed by atoms with Crippen molar-refractivity contribution in [2.75, 3.05) is 6.54 Å². The van der Waals surface area contributed by atoms with Crippen LogP contribution in [-0.2, 0) is 13.1 Å². The van der Waals surface area contributed by atoms with Gasteiger partial charge in [0.1, 0.15) is 5.82 Å². The Kier molecular flexibility index (Phi) is 9.41. The Bertz CT molecular complexity index is 706. The maximum absolute atomic E-state index is 13.3. The molecule has 1 aromatic heterocycles. The third-order valence-corrected chi connectivity index (χ3v) is 4.13. The summed E-state index contributed by atoms with van der Waals surface area (Å²) in [6.07, 6.45) is 0. The summed E-state index contributed by atoms with van der Waals surface area (Å²) < 4.78 is 19.5. The molecule has 0 saturated heterocycles. The highest BCUT2D eigenvalue weighted by atomic mass is 127. The third-order valence-electron chi connectivity index (χ3n) is 3.36. The largest absolute Gasteiger partial charge is 0.359 e. The van der Waals surface area contributed by atoms with Gasteiger partial charge in [-0.3, -0.25) is 0 Å². The van der Waals surface area contributed by atoms with E-state index in [2.05, 4.69) is 50.6 Å². The highest BCUT2D eigenvalue weighted by Gasteiger charge is 2.08. The van der Waals surface area contributed by atoms with Crippen LogP contribution in [0.5, 0.6) is 0 Å². The highest BCUT2D eigenvalue weighted by Crippen LogP contribution is 2.18. The van der Waals surface area contributed by atoms with Gasteiger partial charge < -0.3 is 15.2 Å². The quantitative estimate of drug-likeness (QED) is 0.330. The van der Waals surface area contributed by atoms with Gasteiger partial charge in [-0.15, -0.1) is 24.0 Å². The predicted octanol–water partition coefficient (Wildman–Crippen LogP) is 4.57. The molecular weight excluding hydrogens is 502 g/mol. The molecule has 2 rings (SSSR count). The standard InChI is InChI=1S/C17H22BrFN4O.HI/c1-4-20-17(21-9-12-7-13(19)5-6-15(12)18)22-10-14-8-16(11(2)3)23-24-14;/h5-8,11H,4,9-10H2,1-3H3,(H2,20,21,22);1H. The van der Waals surface area contributed by atoms with Crippen molar-refractivity contribution in [3.8, 4) is 0 Å². The number of halogens is 3. The lowest BCUT2D eigenvalue weighted by Crippen LogP contribution is -2.36. The summed E-state index contributed by atoms with van der Waals surface area (Å²) >= 11 is 3.41. The maximum Gasteiger partial charge on any atom is 0.191 e. The van der Waals surface area contributed by atoms with E-state index >= 15 is 0 Å². The molecule has 2 aromatic rings. The molecule has 0 radical (unpaired) electrons. The summed E-state index contributed by atoms with van der Waals surface area (Å²) in [6, 6.07) is 6.51. The lowest BCUT2D eigenvalue weighted by Gasteiger charge is -2.10. The highest BCUT2D eigenvalue weighted by molar-refractivity contribution is 14.0. The van der Waals surface area contributed by atoms with E-state index in [0.717, 1.165) is 28.0 Å². The fraction of sp³-hybridized carbons (Fsp3) is 0.412. The molecule has 0 amide bonds. The molecule has 1 heterocycles. The molecule has 0 fully saturated rings. The Morgan fingerprint density at radius 1 is 1.32 bits per heavy atom. The summed E-state index contributed by atoms with van der Waals surface area (Å²) in [7, 11) is 0. The van der Waals surface area contributed by atoms with Crippen LogP contribution < -0.4 is 10.6 Å². The fourth-order valence-corrected chi connectivity index (χ4v) is 2.40. The van der Waals surface area contributed by atoms with Gasteiger partial charge in [-0.1, -0.05) is 34.9 Å². The van der Waals surface area contributed by atoms with Crippen molar-refractivity contribution in [3.05, 3.63) is 51.6 Å². The summed E-state index contributed by atoms with van der Waals surface area (Å²) in [5, 5.41) is 10.4. The van der Waals surface area contributed by atoms with Crippen molar-refractivity contribution in [1.29, 1.82) is 0 Å². The molecule has 25 heavy (non-hydrogen) atoms. The topological polar surface area (TPSA) is 62.5 Å². The summed E-state index contributed by atoms with van der Waals surface area (Å²) in [6.45, 7) is 7.69. The molecule has 0 saturated carbocycles. The molecule has 0 atom stereocenters. The van der Waals surface area contributed by atoms with Gasteiger partial charge in [0.2, 0.25) is 0 Å². The average Bonchev–Trinajstić information content (AvgIpc) is 3.02. The Hall–Kier alpha value is -1.16. The van der Waals surface area contributed by atoms with Gasteiger partial charge in [0.05, 0.1) is 18.8 Å². The van der Waals surface area contributed by atoms with E-state index < -0.39 is 0 Å². The molecule has 8 heteroatoms. The van der Waals surface area contributed by atoms with Crippen LogP contribution in [0, 0.1) is 5.82 Å². The van der Waals surface area contributed by atoms with E-state index in [9.17, 15) is 4.39 Å². The molecule has 0 aliphatic heterocycles. The van der Waals surface area contributed by atoms with Crippen LogP contribution >= 0.6 is 39.9 Å². The van der Waals surface area contributed by atoms with Crippen molar-refractivity contribution in [2.24, 2.45) is 4.99 Å². The first kappa shape index (κ1) is 21.9. The number of nitrogens with one attached hydrogen (secondary N) is 2. The number of hydrogen-bond acceptors (Lipinski definition) is 3. The summed E-state index contributed by atoms with van der Waals surface area (Å²) in [5.41, 5.74) is 1.71. The minimum absolute atomic E-state index is 0. The Morgan fingerprint density at radius 3 is 2.72 bits per heavy atom. The molecule has 0 bridgehead atoms. The Morgan fingerprint density at radius 2 is 2.08 bits per heavy atom. The van der Waals surface area contributed by atoms with Crippen LogP contribution in [0.15, 0.2) is 38.3 Å². The lowest BCUT2D eigenvalue weighted by molar-refractivity contribution is 0.372. The Labute approximate surface area is 173 Å². The second-order valence-electron chi connectivity index (χ2n) is 5.66. The third kappa shape index (κ3) is 6.93. The molecule has 0 spiro atoms. The van der Waals surface area contributed by atoms with Gasteiger partial charge >= 0.3 is 0 Å². The van der Waals surface area contributed by atoms with Gasteiger partial charge in [0.15, 0.2) is 11.7 Å². The molecule has 5 nitrogen and oxygen atoms in total. The molecule has 0 aliphatic rings. The van der Waals surface area contributed by atoms with E-state index in [1.807, 2.05) is 13.0 Å². The Balaban J connectivity index is 0.00000312. The second kappa shape index (κ2) is 10.7. The normalized spacial score (nSPS) is 11.4. The molecule has 0 aliphatic carbocycles. The fourth-order valence-electron chi connectivity index (χ4n) is 2.03.